The third kappa shape index (κ3) is 11.4. The highest BCUT2D eigenvalue weighted by Crippen LogP contribution is 2.10. The highest BCUT2D eigenvalue weighted by atomic mass is 16.5. The molecule has 0 spiro atoms. The van der Waals surface area contributed by atoms with Gasteiger partial charge in [-0.3, -0.25) is 10.0 Å². The van der Waals surface area contributed by atoms with E-state index in [9.17, 15) is 4.79 Å². The van der Waals surface area contributed by atoms with Gasteiger partial charge in [0.2, 0.25) is 5.91 Å². The summed E-state index contributed by atoms with van der Waals surface area (Å²) in [6.07, 6.45) is 11.6. The van der Waals surface area contributed by atoms with Crippen LogP contribution in [0.2, 0.25) is 0 Å². The summed E-state index contributed by atoms with van der Waals surface area (Å²) in [5.41, 5.74) is 1.65. The van der Waals surface area contributed by atoms with Crippen LogP contribution in [0.5, 0.6) is 0 Å². The van der Waals surface area contributed by atoms with Gasteiger partial charge in [-0.15, -0.1) is 0 Å². The first-order valence-electron chi connectivity index (χ1n) is 6.24. The standard InChI is InChI=1S/C12H25NO2/c1-2-3-4-5-6-7-8-9-10-11-12(14)13-15/h15H,2-11H2,1H3,(H,13,14). The molecule has 0 saturated heterocycles. The van der Waals surface area contributed by atoms with Crippen molar-refractivity contribution < 1.29 is 10.0 Å². The van der Waals surface area contributed by atoms with Gasteiger partial charge >= 0.3 is 0 Å². The first-order chi connectivity index (χ1) is 7.31. The lowest BCUT2D eigenvalue weighted by Gasteiger charge is -2.01. The number of carbonyl (C=O) groups excluding carboxylic acids is 1. The second-order valence-corrected chi connectivity index (χ2v) is 4.11. The molecule has 0 rings (SSSR count). The molecule has 90 valence electrons. The Hall–Kier alpha value is -0.570. The molecule has 0 bridgehead atoms. The number of nitrogens with one attached hydrogen (secondary N) is 1. The van der Waals surface area contributed by atoms with Crippen LogP contribution in [0.1, 0.15) is 71.1 Å². The van der Waals surface area contributed by atoms with E-state index in [0.717, 1.165) is 12.8 Å². The van der Waals surface area contributed by atoms with Crippen LogP contribution < -0.4 is 5.48 Å². The third-order valence-corrected chi connectivity index (χ3v) is 2.63. The van der Waals surface area contributed by atoms with E-state index in [4.69, 9.17) is 5.21 Å². The summed E-state index contributed by atoms with van der Waals surface area (Å²) in [6, 6.07) is 0. The largest absolute Gasteiger partial charge is 0.289 e. The van der Waals surface area contributed by atoms with Crippen molar-refractivity contribution in [2.45, 2.75) is 71.1 Å². The summed E-state index contributed by atoms with van der Waals surface area (Å²) >= 11 is 0. The normalized spacial score (nSPS) is 10.3. The SMILES string of the molecule is CCCCCCCCCCCC(=O)NO. The minimum Gasteiger partial charge on any atom is -0.289 e. The predicted molar refractivity (Wildman–Crippen MR) is 61.8 cm³/mol. The maximum absolute atomic E-state index is 10.7. The van der Waals surface area contributed by atoms with Crippen LogP contribution in [0, 0.1) is 0 Å². The van der Waals surface area contributed by atoms with Gasteiger partial charge in [0.25, 0.3) is 0 Å². The van der Waals surface area contributed by atoms with Crippen molar-refractivity contribution in [1.29, 1.82) is 0 Å². The highest BCUT2D eigenvalue weighted by Gasteiger charge is 1.97. The summed E-state index contributed by atoms with van der Waals surface area (Å²) in [5.74, 6) is -0.266. The van der Waals surface area contributed by atoms with Gasteiger partial charge in [-0.1, -0.05) is 58.3 Å². The average molecular weight is 215 g/mol. The van der Waals surface area contributed by atoms with Gasteiger partial charge in [0.05, 0.1) is 0 Å². The topological polar surface area (TPSA) is 49.3 Å². The molecule has 0 heterocycles. The molecule has 0 radical (unpaired) electrons. The van der Waals surface area contributed by atoms with E-state index in [-0.39, 0.29) is 5.91 Å². The molecular weight excluding hydrogens is 190 g/mol. The number of unbranched alkanes of at least 4 members (excludes halogenated alkanes) is 8. The first-order valence-corrected chi connectivity index (χ1v) is 6.24. The van der Waals surface area contributed by atoms with Crippen molar-refractivity contribution in [3.05, 3.63) is 0 Å². The summed E-state index contributed by atoms with van der Waals surface area (Å²) in [7, 11) is 0. The van der Waals surface area contributed by atoms with Crippen LogP contribution in [-0.4, -0.2) is 11.1 Å². The first kappa shape index (κ1) is 14.4. The molecule has 0 aromatic rings. The van der Waals surface area contributed by atoms with E-state index in [1.54, 1.807) is 5.48 Å². The van der Waals surface area contributed by atoms with Crippen molar-refractivity contribution in [2.75, 3.05) is 0 Å². The van der Waals surface area contributed by atoms with Crippen LogP contribution in [-0.2, 0) is 4.79 Å². The van der Waals surface area contributed by atoms with Gasteiger partial charge in [-0.25, -0.2) is 5.48 Å². The van der Waals surface area contributed by atoms with Crippen molar-refractivity contribution in [3.63, 3.8) is 0 Å². The Morgan fingerprint density at radius 1 is 0.933 bits per heavy atom. The molecule has 0 unspecified atom stereocenters. The Morgan fingerprint density at radius 3 is 1.87 bits per heavy atom. The summed E-state index contributed by atoms with van der Waals surface area (Å²) < 4.78 is 0. The number of hydrogen-bond donors (Lipinski definition) is 2. The number of amides is 1. The molecule has 0 fully saturated rings. The molecule has 2 N–H and O–H groups in total. The van der Waals surface area contributed by atoms with Gasteiger partial charge in [0, 0.05) is 6.42 Å². The summed E-state index contributed by atoms with van der Waals surface area (Å²) in [4.78, 5) is 10.7. The Labute approximate surface area is 93.2 Å². The lowest BCUT2D eigenvalue weighted by Crippen LogP contribution is -2.17. The van der Waals surface area contributed by atoms with Gasteiger partial charge in [0.1, 0.15) is 0 Å². The lowest BCUT2D eigenvalue weighted by molar-refractivity contribution is -0.129. The van der Waals surface area contributed by atoms with E-state index in [1.165, 1.54) is 44.9 Å². The maximum atomic E-state index is 10.7. The molecule has 0 aromatic carbocycles. The van der Waals surface area contributed by atoms with E-state index < -0.39 is 0 Å². The summed E-state index contributed by atoms with van der Waals surface area (Å²) in [5, 5.41) is 8.26. The molecule has 0 saturated carbocycles. The highest BCUT2D eigenvalue weighted by molar-refractivity contribution is 5.74. The maximum Gasteiger partial charge on any atom is 0.243 e. The number of rotatable bonds is 10. The molecule has 0 aliphatic heterocycles. The van der Waals surface area contributed by atoms with Crippen LogP contribution in [0.4, 0.5) is 0 Å². The number of carbonyl (C=O) groups is 1. The zero-order chi connectivity index (χ0) is 11.4. The molecule has 3 nitrogen and oxygen atoms in total. The fraction of sp³-hybridized carbons (Fsp3) is 0.917. The fourth-order valence-corrected chi connectivity index (χ4v) is 1.65. The van der Waals surface area contributed by atoms with Crippen molar-refractivity contribution in [3.8, 4) is 0 Å². The predicted octanol–water partition coefficient (Wildman–Crippen LogP) is 3.41. The minimum atomic E-state index is -0.266. The van der Waals surface area contributed by atoms with E-state index in [0.29, 0.717) is 6.42 Å². The quantitative estimate of drug-likeness (QED) is 0.333. The van der Waals surface area contributed by atoms with Crippen LogP contribution in [0.15, 0.2) is 0 Å². The molecule has 0 aliphatic carbocycles. The second-order valence-electron chi connectivity index (χ2n) is 4.11. The zero-order valence-electron chi connectivity index (χ0n) is 9.93. The monoisotopic (exact) mass is 215 g/mol. The Bertz CT molecular complexity index is 149. The molecule has 1 amide bonds. The van der Waals surface area contributed by atoms with E-state index >= 15 is 0 Å². The van der Waals surface area contributed by atoms with Crippen molar-refractivity contribution >= 4 is 5.91 Å². The van der Waals surface area contributed by atoms with Crippen LogP contribution in [0.3, 0.4) is 0 Å². The zero-order valence-corrected chi connectivity index (χ0v) is 9.93. The minimum absolute atomic E-state index is 0.266. The second kappa shape index (κ2) is 11.5. The van der Waals surface area contributed by atoms with Crippen LogP contribution >= 0.6 is 0 Å². The molecule has 0 atom stereocenters. The molecule has 3 heteroatoms. The van der Waals surface area contributed by atoms with Crippen molar-refractivity contribution in [2.24, 2.45) is 0 Å². The van der Waals surface area contributed by atoms with Gasteiger partial charge < -0.3 is 0 Å². The van der Waals surface area contributed by atoms with E-state index in [1.807, 2.05) is 0 Å². The van der Waals surface area contributed by atoms with Gasteiger partial charge in [-0.05, 0) is 6.42 Å². The molecule has 0 aromatic heterocycles. The molecular formula is C12H25NO2. The van der Waals surface area contributed by atoms with Crippen LogP contribution in [0.25, 0.3) is 0 Å². The smallest absolute Gasteiger partial charge is 0.243 e. The fourth-order valence-electron chi connectivity index (χ4n) is 1.65. The van der Waals surface area contributed by atoms with Crippen molar-refractivity contribution in [1.82, 2.24) is 5.48 Å². The van der Waals surface area contributed by atoms with E-state index in [2.05, 4.69) is 6.92 Å². The molecule has 0 aliphatic rings. The Kier molecular flexibility index (Phi) is 11.1. The summed E-state index contributed by atoms with van der Waals surface area (Å²) in [6.45, 7) is 2.23. The Balaban J connectivity index is 2.95. The number of hydrogen-bond acceptors (Lipinski definition) is 2. The Morgan fingerprint density at radius 2 is 1.40 bits per heavy atom. The third-order valence-electron chi connectivity index (χ3n) is 2.63. The number of hydroxylamine groups is 1. The van der Waals surface area contributed by atoms with Gasteiger partial charge in [0.15, 0.2) is 0 Å². The van der Waals surface area contributed by atoms with Gasteiger partial charge in [-0.2, -0.15) is 0 Å². The molecule has 15 heavy (non-hydrogen) atoms. The average Bonchev–Trinajstić information content (AvgIpc) is 2.26. The lowest BCUT2D eigenvalue weighted by atomic mass is 10.1.